The summed E-state index contributed by atoms with van der Waals surface area (Å²) in [7, 11) is 0. The smallest absolute Gasteiger partial charge is 0.217 e. The molecule has 0 aliphatic carbocycles. The van der Waals surface area contributed by atoms with Crippen LogP contribution in [0.3, 0.4) is 0 Å². The van der Waals surface area contributed by atoms with Crippen LogP contribution < -0.4 is 21.7 Å². The number of carbonyl (C=O) groups is 3. The molecule has 3 rings (SSSR count). The predicted molar refractivity (Wildman–Crippen MR) is 163 cm³/mol. The standard InChI is InChI=1S/C29H52N4O16/c1-12(36)31-18-23(41)22(40)17(48-27(18)44-8-6-4-5-7-30)11-45-28-20(33-14(3)38)25(43)26(16(10-35)47-28)49-29-19(32-13(2)37)24(42)21(39)15(9-34)46-29/h15-29,34-35,39-43H,4-11,30H2,1-3H3,(H,31,36)(H,32,37)(H,33,38)/t15-,16-,17-,18-,19+,20-,21-,22-,23-,24-,25-,26-,27+,28-,29+/m1/s1. The Morgan fingerprint density at radius 1 is 0.612 bits per heavy atom. The lowest BCUT2D eigenvalue weighted by Crippen LogP contribution is -2.69. The van der Waals surface area contributed by atoms with Crippen molar-refractivity contribution in [3.63, 3.8) is 0 Å². The first-order valence-corrected chi connectivity index (χ1v) is 16.2. The zero-order chi connectivity index (χ0) is 36.4. The first-order valence-electron chi connectivity index (χ1n) is 16.2. The number of nitrogens with one attached hydrogen (secondary N) is 3. The molecule has 20 heteroatoms. The monoisotopic (exact) mass is 712 g/mol. The van der Waals surface area contributed by atoms with E-state index in [-0.39, 0.29) is 6.61 Å². The van der Waals surface area contributed by atoms with Crippen molar-refractivity contribution in [2.24, 2.45) is 5.73 Å². The molecular formula is C29H52N4O16. The van der Waals surface area contributed by atoms with Gasteiger partial charge in [-0.3, -0.25) is 14.4 Å². The molecule has 0 spiro atoms. The fourth-order valence-corrected chi connectivity index (χ4v) is 5.92. The minimum Gasteiger partial charge on any atom is -0.394 e. The fourth-order valence-electron chi connectivity index (χ4n) is 5.92. The zero-order valence-electron chi connectivity index (χ0n) is 27.7. The summed E-state index contributed by atoms with van der Waals surface area (Å²) in [6.07, 6.45) is -15.7. The van der Waals surface area contributed by atoms with Gasteiger partial charge >= 0.3 is 0 Å². The van der Waals surface area contributed by atoms with Crippen LogP contribution in [0.1, 0.15) is 40.0 Å². The minimum atomic E-state index is -1.70. The highest BCUT2D eigenvalue weighted by Gasteiger charge is 2.53. The van der Waals surface area contributed by atoms with E-state index in [0.29, 0.717) is 13.0 Å². The Balaban J connectivity index is 1.77. The van der Waals surface area contributed by atoms with Crippen LogP contribution in [0.15, 0.2) is 0 Å². The molecule has 0 bridgehead atoms. The van der Waals surface area contributed by atoms with E-state index in [1.54, 1.807) is 0 Å². The molecule has 284 valence electrons. The summed E-state index contributed by atoms with van der Waals surface area (Å²) in [4.78, 5) is 35.9. The molecule has 0 aromatic carbocycles. The Labute approximate surface area is 283 Å². The van der Waals surface area contributed by atoms with Gasteiger partial charge in [0.15, 0.2) is 18.9 Å². The number of carbonyl (C=O) groups excluding carboxylic acids is 3. The Bertz CT molecular complexity index is 1060. The quantitative estimate of drug-likeness (QED) is 0.0664. The van der Waals surface area contributed by atoms with Crippen LogP contribution in [0.5, 0.6) is 0 Å². The second kappa shape index (κ2) is 19.5. The van der Waals surface area contributed by atoms with E-state index in [9.17, 15) is 50.1 Å². The Morgan fingerprint density at radius 2 is 1.08 bits per heavy atom. The largest absolute Gasteiger partial charge is 0.394 e. The van der Waals surface area contributed by atoms with Crippen LogP contribution in [0.2, 0.25) is 0 Å². The van der Waals surface area contributed by atoms with Gasteiger partial charge in [0.25, 0.3) is 0 Å². The number of hydrogen-bond donors (Lipinski definition) is 11. The minimum absolute atomic E-state index is 0.196. The second-order valence-electron chi connectivity index (χ2n) is 12.3. The maximum atomic E-state index is 12.2. The number of ether oxygens (including phenoxy) is 6. The summed E-state index contributed by atoms with van der Waals surface area (Å²) >= 11 is 0. The average molecular weight is 713 g/mol. The lowest BCUT2D eigenvalue weighted by Gasteiger charge is -2.48. The first-order chi connectivity index (χ1) is 23.2. The van der Waals surface area contributed by atoms with E-state index in [2.05, 4.69) is 16.0 Å². The molecule has 3 aliphatic heterocycles. The first kappa shape index (κ1) is 41.3. The van der Waals surface area contributed by atoms with E-state index in [0.717, 1.165) is 26.7 Å². The van der Waals surface area contributed by atoms with Gasteiger partial charge in [-0.05, 0) is 25.8 Å². The Morgan fingerprint density at radius 3 is 1.61 bits per heavy atom. The summed E-state index contributed by atoms with van der Waals surface area (Å²) in [6, 6.07) is -3.89. The highest BCUT2D eigenvalue weighted by Crippen LogP contribution is 2.31. The number of hydrogen-bond acceptors (Lipinski definition) is 17. The molecule has 12 N–H and O–H groups in total. The van der Waals surface area contributed by atoms with Crippen molar-refractivity contribution in [2.75, 3.05) is 33.0 Å². The zero-order valence-corrected chi connectivity index (χ0v) is 27.7. The normalized spacial score (nSPS) is 39.6. The fraction of sp³-hybridized carbons (Fsp3) is 0.897. The van der Waals surface area contributed by atoms with Crippen LogP contribution >= 0.6 is 0 Å². The molecule has 3 heterocycles. The van der Waals surface area contributed by atoms with Gasteiger partial charge in [0.05, 0.1) is 19.8 Å². The summed E-state index contributed by atoms with van der Waals surface area (Å²) in [6.45, 7) is 2.21. The van der Waals surface area contributed by atoms with Gasteiger partial charge in [0.1, 0.15) is 73.1 Å². The van der Waals surface area contributed by atoms with Crippen molar-refractivity contribution in [2.45, 2.75) is 132 Å². The molecular weight excluding hydrogens is 660 g/mol. The number of nitrogens with two attached hydrogens (primary N) is 1. The van der Waals surface area contributed by atoms with Crippen LogP contribution in [-0.4, -0.2) is 178 Å². The van der Waals surface area contributed by atoms with Crippen molar-refractivity contribution in [3.8, 4) is 0 Å². The van der Waals surface area contributed by atoms with Gasteiger partial charge in [-0.2, -0.15) is 0 Å². The van der Waals surface area contributed by atoms with Crippen molar-refractivity contribution in [1.29, 1.82) is 0 Å². The van der Waals surface area contributed by atoms with E-state index < -0.39 is 129 Å². The number of rotatable bonds is 16. The molecule has 3 amide bonds. The van der Waals surface area contributed by atoms with Crippen LogP contribution in [0.4, 0.5) is 0 Å². The number of aliphatic hydroxyl groups is 7. The highest BCUT2D eigenvalue weighted by molar-refractivity contribution is 5.74. The molecule has 0 saturated carbocycles. The second-order valence-corrected chi connectivity index (χ2v) is 12.3. The molecule has 3 aliphatic rings. The van der Waals surface area contributed by atoms with Crippen LogP contribution in [0.25, 0.3) is 0 Å². The van der Waals surface area contributed by atoms with Gasteiger partial charge in [-0.25, -0.2) is 0 Å². The van der Waals surface area contributed by atoms with Crippen LogP contribution in [-0.2, 0) is 42.8 Å². The summed E-state index contributed by atoms with van der Waals surface area (Å²) in [5.41, 5.74) is 5.53. The maximum absolute atomic E-state index is 12.2. The molecule has 49 heavy (non-hydrogen) atoms. The van der Waals surface area contributed by atoms with E-state index in [1.165, 1.54) is 6.92 Å². The average Bonchev–Trinajstić information content (AvgIpc) is 3.04. The molecule has 3 saturated heterocycles. The summed E-state index contributed by atoms with van der Waals surface area (Å²) in [5.74, 6) is -1.75. The van der Waals surface area contributed by atoms with Crippen molar-refractivity contribution in [1.82, 2.24) is 16.0 Å². The van der Waals surface area contributed by atoms with Crippen LogP contribution in [0, 0.1) is 0 Å². The molecule has 0 radical (unpaired) electrons. The summed E-state index contributed by atoms with van der Waals surface area (Å²) < 4.78 is 34.9. The third-order valence-corrected chi connectivity index (χ3v) is 8.39. The van der Waals surface area contributed by atoms with E-state index in [1.807, 2.05) is 0 Å². The SMILES string of the molecule is CC(=O)N[C@@H]1[C@H](O[C@H]2[C@H](O)[C@@H](NC(C)=O)[C@H](OC[C@H]3O[C@H](OCCCCCN)[C@H](NC(C)=O)[C@@H](O)[C@@H]3O)O[C@@H]2CO)O[C@H](CO)[C@@H](O)[C@@H]1O. The molecule has 20 nitrogen and oxygen atoms in total. The van der Waals surface area contributed by atoms with Gasteiger partial charge < -0.3 is 85.9 Å². The lowest BCUT2D eigenvalue weighted by atomic mass is 9.94. The lowest BCUT2D eigenvalue weighted by molar-refractivity contribution is -0.338. The topological polar surface area (TPSA) is 310 Å². The van der Waals surface area contributed by atoms with Crippen molar-refractivity contribution in [3.05, 3.63) is 0 Å². The Hall–Kier alpha value is -2.15. The van der Waals surface area contributed by atoms with Gasteiger partial charge in [0, 0.05) is 27.4 Å². The third kappa shape index (κ3) is 10.9. The van der Waals surface area contributed by atoms with E-state index in [4.69, 9.17) is 34.2 Å². The van der Waals surface area contributed by atoms with Gasteiger partial charge in [-0.15, -0.1) is 0 Å². The molecule has 0 aromatic rings. The number of aliphatic hydroxyl groups excluding tert-OH is 7. The predicted octanol–water partition coefficient (Wildman–Crippen LogP) is -5.99. The molecule has 0 aromatic heterocycles. The summed E-state index contributed by atoms with van der Waals surface area (Å²) in [5, 5.41) is 81.4. The molecule has 3 fully saturated rings. The van der Waals surface area contributed by atoms with E-state index >= 15 is 0 Å². The maximum Gasteiger partial charge on any atom is 0.217 e. The number of unbranched alkanes of at least 4 members (excludes halogenated alkanes) is 2. The number of amides is 3. The third-order valence-electron chi connectivity index (χ3n) is 8.39. The highest BCUT2D eigenvalue weighted by atomic mass is 16.7. The van der Waals surface area contributed by atoms with Crippen molar-refractivity contribution >= 4 is 17.7 Å². The Kier molecular flexibility index (Phi) is 16.4. The molecule has 0 unspecified atom stereocenters. The van der Waals surface area contributed by atoms with Crippen molar-refractivity contribution < 1.29 is 78.6 Å². The molecule has 15 atom stereocenters. The van der Waals surface area contributed by atoms with Gasteiger partial charge in [0.2, 0.25) is 17.7 Å². The van der Waals surface area contributed by atoms with Gasteiger partial charge in [-0.1, -0.05) is 0 Å².